The van der Waals surface area contributed by atoms with Gasteiger partial charge in [0.15, 0.2) is 5.78 Å². The lowest BCUT2D eigenvalue weighted by atomic mass is 9.87. The number of halogens is 1. The molecule has 9 heteroatoms. The van der Waals surface area contributed by atoms with Crippen molar-refractivity contribution in [1.29, 1.82) is 0 Å². The van der Waals surface area contributed by atoms with Crippen LogP contribution in [0, 0.1) is 17.7 Å². The van der Waals surface area contributed by atoms with Gasteiger partial charge in [-0.2, -0.15) is 0 Å². The lowest BCUT2D eigenvalue weighted by molar-refractivity contribution is 0.0985. The lowest BCUT2D eigenvalue weighted by Gasteiger charge is -2.42. The zero-order chi connectivity index (χ0) is 27.8. The molecule has 0 unspecified atom stereocenters. The highest BCUT2D eigenvalue weighted by atomic mass is 19.1. The standard InChI is InChI=1S/C30H40FN5O3/c1-3-32-30(39)36-15-13-25(19-35-14-5-6-23(18-35)16-22-9-11-26(31)12-10-22)28(20-36)34-29(38)33-27-8-4-7-24(17-27)21(2)37/h4,7-12,17,23,25,28H,3,5-6,13-16,18-20H2,1-2H3,(H,32,39)(H2,33,34,38)/t23-,25-,28-/m0/s1. The number of Topliss-reactive ketones (excluding diaryl/α,β-unsaturated/α-hetero) is 1. The molecule has 0 aromatic heterocycles. The first-order chi connectivity index (χ1) is 18.8. The highest BCUT2D eigenvalue weighted by molar-refractivity contribution is 5.96. The summed E-state index contributed by atoms with van der Waals surface area (Å²) in [4.78, 5) is 41.6. The van der Waals surface area contributed by atoms with Gasteiger partial charge in [-0.1, -0.05) is 24.3 Å². The Labute approximate surface area is 230 Å². The number of hydrogen-bond donors (Lipinski definition) is 3. The van der Waals surface area contributed by atoms with Crippen molar-refractivity contribution in [2.75, 3.05) is 44.6 Å². The molecule has 2 heterocycles. The Hall–Kier alpha value is -3.46. The summed E-state index contributed by atoms with van der Waals surface area (Å²) in [5.74, 6) is 0.415. The van der Waals surface area contributed by atoms with Crippen LogP contribution in [0.2, 0.25) is 0 Å². The van der Waals surface area contributed by atoms with Crippen LogP contribution < -0.4 is 16.0 Å². The van der Waals surface area contributed by atoms with E-state index in [9.17, 15) is 18.8 Å². The van der Waals surface area contributed by atoms with Gasteiger partial charge in [-0.3, -0.25) is 4.79 Å². The van der Waals surface area contributed by atoms with E-state index in [0.717, 1.165) is 50.9 Å². The SMILES string of the molecule is CCNC(=O)N1CC[C@@H](CN2CCC[C@@H](Cc3ccc(F)cc3)C2)[C@@H](NC(=O)Nc2cccc(C(C)=O)c2)C1. The Bertz CT molecular complexity index is 1140. The van der Waals surface area contributed by atoms with Gasteiger partial charge in [-0.25, -0.2) is 14.0 Å². The molecule has 0 radical (unpaired) electrons. The van der Waals surface area contributed by atoms with E-state index in [1.807, 2.05) is 19.1 Å². The van der Waals surface area contributed by atoms with Crippen LogP contribution in [0.15, 0.2) is 48.5 Å². The number of carbonyl (C=O) groups excluding carboxylic acids is 3. The van der Waals surface area contributed by atoms with E-state index >= 15 is 0 Å². The first-order valence-corrected chi connectivity index (χ1v) is 14.0. The third-order valence-electron chi connectivity index (χ3n) is 7.75. The minimum Gasteiger partial charge on any atom is -0.338 e. The molecule has 2 aromatic carbocycles. The van der Waals surface area contributed by atoms with E-state index in [1.165, 1.54) is 19.1 Å². The van der Waals surface area contributed by atoms with Crippen LogP contribution in [-0.4, -0.2) is 73.0 Å². The highest BCUT2D eigenvalue weighted by Gasteiger charge is 2.34. The molecule has 2 aliphatic rings. The van der Waals surface area contributed by atoms with Crippen LogP contribution in [0.4, 0.5) is 19.7 Å². The van der Waals surface area contributed by atoms with Crippen LogP contribution in [0.25, 0.3) is 0 Å². The molecule has 210 valence electrons. The molecule has 2 aromatic rings. The van der Waals surface area contributed by atoms with Crippen LogP contribution in [0.5, 0.6) is 0 Å². The average molecular weight is 538 g/mol. The molecule has 2 aliphatic heterocycles. The van der Waals surface area contributed by atoms with Crippen molar-refractivity contribution >= 4 is 23.5 Å². The molecule has 2 fully saturated rings. The third-order valence-corrected chi connectivity index (χ3v) is 7.75. The molecule has 0 saturated carbocycles. The van der Waals surface area contributed by atoms with Crippen LogP contribution in [0.3, 0.4) is 0 Å². The molecule has 3 N–H and O–H groups in total. The fraction of sp³-hybridized carbons (Fsp3) is 0.500. The number of nitrogens with one attached hydrogen (secondary N) is 3. The summed E-state index contributed by atoms with van der Waals surface area (Å²) >= 11 is 0. The fourth-order valence-electron chi connectivity index (χ4n) is 5.75. The second kappa shape index (κ2) is 13.6. The maximum atomic E-state index is 13.3. The Morgan fingerprint density at radius 3 is 2.56 bits per heavy atom. The molecule has 2 saturated heterocycles. The maximum Gasteiger partial charge on any atom is 0.319 e. The van der Waals surface area contributed by atoms with Crippen LogP contribution in [-0.2, 0) is 6.42 Å². The van der Waals surface area contributed by atoms with Gasteiger partial charge >= 0.3 is 12.1 Å². The van der Waals surface area contributed by atoms with Crippen molar-refractivity contribution in [3.63, 3.8) is 0 Å². The number of hydrogen-bond acceptors (Lipinski definition) is 4. The Morgan fingerprint density at radius 1 is 1.03 bits per heavy atom. The van der Waals surface area contributed by atoms with Gasteiger partial charge in [-0.05, 0) is 87.7 Å². The van der Waals surface area contributed by atoms with Gasteiger partial charge in [0, 0.05) is 44.0 Å². The van der Waals surface area contributed by atoms with Crippen LogP contribution >= 0.6 is 0 Å². The van der Waals surface area contributed by atoms with Gasteiger partial charge in [-0.15, -0.1) is 0 Å². The van der Waals surface area contributed by atoms with Crippen molar-refractivity contribution in [3.05, 3.63) is 65.5 Å². The molecule has 4 amide bonds. The highest BCUT2D eigenvalue weighted by Crippen LogP contribution is 2.25. The Kier molecular flexibility index (Phi) is 9.92. The minimum absolute atomic E-state index is 0.0664. The molecule has 0 bridgehead atoms. The largest absolute Gasteiger partial charge is 0.338 e. The second-order valence-electron chi connectivity index (χ2n) is 10.8. The van der Waals surface area contributed by atoms with E-state index in [4.69, 9.17) is 0 Å². The number of likely N-dealkylation sites (tertiary alicyclic amines) is 2. The number of rotatable bonds is 8. The Balaban J connectivity index is 1.39. The molecular formula is C30H40FN5O3. The summed E-state index contributed by atoms with van der Waals surface area (Å²) in [6.07, 6.45) is 3.97. The van der Waals surface area contributed by atoms with Gasteiger partial charge < -0.3 is 25.8 Å². The smallest absolute Gasteiger partial charge is 0.319 e. The zero-order valence-electron chi connectivity index (χ0n) is 22.9. The van der Waals surface area contributed by atoms with E-state index in [-0.39, 0.29) is 35.6 Å². The number of urea groups is 2. The lowest BCUT2D eigenvalue weighted by Crippen LogP contribution is -2.58. The Morgan fingerprint density at radius 2 is 1.82 bits per heavy atom. The van der Waals surface area contributed by atoms with Gasteiger partial charge in [0.1, 0.15) is 5.82 Å². The van der Waals surface area contributed by atoms with Crippen molar-refractivity contribution in [2.24, 2.45) is 11.8 Å². The molecule has 3 atom stereocenters. The molecular weight excluding hydrogens is 497 g/mol. The first-order valence-electron chi connectivity index (χ1n) is 14.0. The molecule has 8 nitrogen and oxygen atoms in total. The van der Waals surface area contributed by atoms with Gasteiger partial charge in [0.25, 0.3) is 0 Å². The minimum atomic E-state index is -0.351. The van der Waals surface area contributed by atoms with Crippen molar-refractivity contribution in [1.82, 2.24) is 20.4 Å². The number of amides is 4. The third kappa shape index (κ3) is 8.26. The summed E-state index contributed by atoms with van der Waals surface area (Å²) in [6.45, 7) is 7.82. The van der Waals surface area contributed by atoms with E-state index < -0.39 is 0 Å². The van der Waals surface area contributed by atoms with Crippen LogP contribution in [0.1, 0.15) is 49.0 Å². The van der Waals surface area contributed by atoms with Crippen molar-refractivity contribution < 1.29 is 18.8 Å². The number of benzene rings is 2. The van der Waals surface area contributed by atoms with E-state index in [1.54, 1.807) is 29.2 Å². The number of anilines is 1. The summed E-state index contributed by atoms with van der Waals surface area (Å²) in [5.41, 5.74) is 2.24. The van der Waals surface area contributed by atoms with Crippen molar-refractivity contribution in [2.45, 2.75) is 45.6 Å². The number of carbonyl (C=O) groups is 3. The fourth-order valence-corrected chi connectivity index (χ4v) is 5.75. The van der Waals surface area contributed by atoms with Gasteiger partial charge in [0.2, 0.25) is 0 Å². The number of piperidine rings is 2. The summed E-state index contributed by atoms with van der Waals surface area (Å²) in [7, 11) is 0. The van der Waals surface area contributed by atoms with E-state index in [2.05, 4.69) is 20.9 Å². The summed E-state index contributed by atoms with van der Waals surface area (Å²) in [6, 6.07) is 13.0. The monoisotopic (exact) mass is 537 g/mol. The summed E-state index contributed by atoms with van der Waals surface area (Å²) < 4.78 is 13.3. The molecule has 0 aliphatic carbocycles. The predicted octanol–water partition coefficient (Wildman–Crippen LogP) is 4.52. The quantitative estimate of drug-likeness (QED) is 0.432. The average Bonchev–Trinajstić information content (AvgIpc) is 2.91. The molecule has 4 rings (SSSR count). The maximum absolute atomic E-state index is 13.3. The molecule has 0 spiro atoms. The number of nitrogens with zero attached hydrogens (tertiary/aromatic N) is 2. The number of ketones is 1. The first kappa shape index (κ1) is 28.5. The zero-order valence-corrected chi connectivity index (χ0v) is 22.9. The normalized spacial score (nSPS) is 21.7. The van der Waals surface area contributed by atoms with Gasteiger partial charge in [0.05, 0.1) is 6.04 Å². The summed E-state index contributed by atoms with van der Waals surface area (Å²) in [5, 5.41) is 8.84. The second-order valence-corrected chi connectivity index (χ2v) is 10.8. The van der Waals surface area contributed by atoms with Crippen molar-refractivity contribution in [3.8, 4) is 0 Å². The molecule has 39 heavy (non-hydrogen) atoms. The topological polar surface area (TPSA) is 93.8 Å². The predicted molar refractivity (Wildman–Crippen MR) is 150 cm³/mol. The van der Waals surface area contributed by atoms with E-state index in [0.29, 0.717) is 36.8 Å².